The number of carboxylic acids is 3. The largest absolute Gasteiger partial charge is 0.480 e. The molecule has 1 aliphatic rings. The summed E-state index contributed by atoms with van der Waals surface area (Å²) < 4.78 is 0. The van der Waals surface area contributed by atoms with Crippen LogP contribution in [0.2, 0.25) is 0 Å². The van der Waals surface area contributed by atoms with E-state index in [9.17, 15) is 34.5 Å². The molecule has 0 saturated carbocycles. The summed E-state index contributed by atoms with van der Waals surface area (Å²) in [5.74, 6) is -3.12. The molecule has 0 aromatic carbocycles. The quantitative estimate of drug-likeness (QED) is 0.156. The molecule has 6 N–H and O–H groups in total. The van der Waals surface area contributed by atoms with E-state index in [0.717, 1.165) is 0 Å². The minimum Gasteiger partial charge on any atom is -0.480 e. The molecule has 0 atom stereocenters. The lowest BCUT2D eigenvalue weighted by Gasteiger charge is -2.28. The van der Waals surface area contributed by atoms with E-state index in [1.165, 1.54) is 6.20 Å². The summed E-state index contributed by atoms with van der Waals surface area (Å²) in [6.07, 6.45) is 2.13. The Kier molecular flexibility index (Phi) is 13.6. The van der Waals surface area contributed by atoms with Crippen molar-refractivity contribution in [3.8, 4) is 0 Å². The van der Waals surface area contributed by atoms with E-state index in [1.54, 1.807) is 26.8 Å². The third-order valence-corrected chi connectivity index (χ3v) is 6.15. The average Bonchev–Trinajstić information content (AvgIpc) is 2.93. The molecule has 1 aromatic rings. The number of nitrogens with one attached hydrogen (secondary N) is 1. The summed E-state index contributed by atoms with van der Waals surface area (Å²) >= 11 is 0. The number of aromatic nitrogens is 1. The Bertz CT molecular complexity index is 888. The molecule has 1 saturated heterocycles. The van der Waals surface area contributed by atoms with Gasteiger partial charge in [-0.3, -0.25) is 43.8 Å². The number of rotatable bonds is 15. The minimum atomic E-state index is -0.981. The molecule has 14 heteroatoms. The van der Waals surface area contributed by atoms with Gasteiger partial charge >= 0.3 is 17.9 Å². The van der Waals surface area contributed by atoms with Crippen molar-refractivity contribution < 1.29 is 34.5 Å². The van der Waals surface area contributed by atoms with Crippen LogP contribution >= 0.6 is 0 Å². The van der Waals surface area contributed by atoms with Crippen LogP contribution < -0.4 is 11.1 Å². The van der Waals surface area contributed by atoms with E-state index in [-0.39, 0.29) is 32.1 Å². The molecule has 2 rings (SSSR count). The van der Waals surface area contributed by atoms with Crippen LogP contribution in [-0.2, 0) is 20.9 Å². The van der Waals surface area contributed by atoms with Crippen molar-refractivity contribution in [2.45, 2.75) is 13.0 Å². The number of nitrogens with zero attached hydrogens (tertiary/aromatic N) is 5. The molecule has 1 aromatic heterocycles. The van der Waals surface area contributed by atoms with Crippen LogP contribution in [0.5, 0.6) is 0 Å². The van der Waals surface area contributed by atoms with E-state index in [4.69, 9.17) is 5.73 Å². The normalized spacial score (nSPS) is 15.9. The number of amides is 1. The first-order chi connectivity index (χ1) is 18.2. The first kappa shape index (κ1) is 31.1. The zero-order chi connectivity index (χ0) is 27.9. The van der Waals surface area contributed by atoms with E-state index in [1.807, 2.05) is 0 Å². The third-order valence-electron chi connectivity index (χ3n) is 6.15. The van der Waals surface area contributed by atoms with Gasteiger partial charge in [0, 0.05) is 71.6 Å². The van der Waals surface area contributed by atoms with Gasteiger partial charge < -0.3 is 26.4 Å². The first-order valence-corrected chi connectivity index (χ1v) is 12.6. The summed E-state index contributed by atoms with van der Waals surface area (Å²) in [7, 11) is 0. The van der Waals surface area contributed by atoms with Crippen molar-refractivity contribution >= 4 is 23.8 Å². The van der Waals surface area contributed by atoms with Crippen molar-refractivity contribution in [2.75, 3.05) is 85.1 Å². The molecule has 212 valence electrons. The monoisotopic (exact) mass is 537 g/mol. The summed E-state index contributed by atoms with van der Waals surface area (Å²) in [6.45, 7) is 4.73. The Balaban J connectivity index is 2.00. The number of carboxylic acid groups (broad SMARTS) is 3. The lowest BCUT2D eigenvalue weighted by atomic mass is 10.2. The molecule has 38 heavy (non-hydrogen) atoms. The van der Waals surface area contributed by atoms with Crippen LogP contribution in [0.4, 0.5) is 0 Å². The first-order valence-electron chi connectivity index (χ1n) is 12.6. The summed E-state index contributed by atoms with van der Waals surface area (Å²) in [5, 5.41) is 30.6. The predicted octanol–water partition coefficient (Wildman–Crippen LogP) is -1.86. The van der Waals surface area contributed by atoms with E-state index >= 15 is 0 Å². The summed E-state index contributed by atoms with van der Waals surface area (Å²) in [4.78, 5) is 57.9. The molecular formula is C24H39N7O7. The average molecular weight is 538 g/mol. The topological polar surface area (TPSA) is 193 Å². The lowest BCUT2D eigenvalue weighted by molar-refractivity contribution is -0.140. The molecule has 0 aliphatic carbocycles. The molecule has 2 heterocycles. The highest BCUT2D eigenvalue weighted by Crippen LogP contribution is 2.07. The van der Waals surface area contributed by atoms with Gasteiger partial charge in [-0.1, -0.05) is 0 Å². The van der Waals surface area contributed by atoms with Gasteiger partial charge in [0.1, 0.15) is 0 Å². The number of carbonyl (C=O) groups is 4. The molecule has 1 amide bonds. The Morgan fingerprint density at radius 3 is 1.95 bits per heavy atom. The second-order valence-electron chi connectivity index (χ2n) is 9.22. The number of aliphatic carboxylic acids is 3. The van der Waals surface area contributed by atoms with Gasteiger partial charge in [-0.25, -0.2) is 0 Å². The molecule has 0 unspecified atom stereocenters. The minimum absolute atomic E-state index is 0.132. The van der Waals surface area contributed by atoms with E-state index in [2.05, 4.69) is 15.2 Å². The molecule has 1 fully saturated rings. The Hall–Kier alpha value is -3.17. The maximum absolute atomic E-state index is 12.2. The van der Waals surface area contributed by atoms with Crippen molar-refractivity contribution in [1.82, 2.24) is 29.9 Å². The zero-order valence-electron chi connectivity index (χ0n) is 21.6. The second kappa shape index (κ2) is 16.6. The number of hydrogen-bond donors (Lipinski definition) is 5. The molecule has 14 nitrogen and oxygen atoms in total. The number of carbonyl (C=O) groups excluding carboxylic acids is 1. The highest BCUT2D eigenvalue weighted by atomic mass is 16.4. The zero-order valence-corrected chi connectivity index (χ0v) is 21.6. The number of nitrogens with two attached hydrogens (primary N) is 1. The van der Waals surface area contributed by atoms with Crippen molar-refractivity contribution in [3.05, 3.63) is 29.6 Å². The summed E-state index contributed by atoms with van der Waals surface area (Å²) in [6, 6.07) is 3.34. The Labute approximate surface area is 222 Å². The van der Waals surface area contributed by atoms with Crippen molar-refractivity contribution in [3.63, 3.8) is 0 Å². The van der Waals surface area contributed by atoms with Crippen LogP contribution in [0, 0.1) is 0 Å². The highest BCUT2D eigenvalue weighted by molar-refractivity contribution is 5.93. The molecule has 0 radical (unpaired) electrons. The maximum Gasteiger partial charge on any atom is 0.317 e. The highest BCUT2D eigenvalue weighted by Gasteiger charge is 2.20. The maximum atomic E-state index is 12.2. The molecule has 0 bridgehead atoms. The fourth-order valence-corrected chi connectivity index (χ4v) is 4.08. The van der Waals surface area contributed by atoms with Crippen molar-refractivity contribution in [1.29, 1.82) is 0 Å². The van der Waals surface area contributed by atoms with Gasteiger partial charge in [-0.15, -0.1) is 0 Å². The third kappa shape index (κ3) is 12.4. The molecular weight excluding hydrogens is 498 g/mol. The molecule has 0 spiro atoms. The van der Waals surface area contributed by atoms with Crippen LogP contribution in [-0.4, -0.2) is 149 Å². The van der Waals surface area contributed by atoms with Crippen LogP contribution in [0.25, 0.3) is 0 Å². The van der Waals surface area contributed by atoms with E-state index in [0.29, 0.717) is 83.1 Å². The smallest absolute Gasteiger partial charge is 0.317 e. The lowest BCUT2D eigenvalue weighted by Crippen LogP contribution is -2.42. The second-order valence-corrected chi connectivity index (χ2v) is 9.22. The number of hydrogen-bond acceptors (Lipinski definition) is 10. The fraction of sp³-hybridized carbons (Fsp3) is 0.625. The SMILES string of the molecule is NCCCNC(=O)c1ccc(CN(CCN2CCN(CC(=O)O)CCN(CC(=O)O)CC2)CC(=O)O)nc1. The molecule has 1 aliphatic heterocycles. The summed E-state index contributed by atoms with van der Waals surface area (Å²) in [5.41, 5.74) is 6.46. The predicted molar refractivity (Wildman–Crippen MR) is 138 cm³/mol. The van der Waals surface area contributed by atoms with Gasteiger partial charge in [0.2, 0.25) is 0 Å². The van der Waals surface area contributed by atoms with Gasteiger partial charge in [0.05, 0.1) is 30.9 Å². The van der Waals surface area contributed by atoms with Crippen LogP contribution in [0.1, 0.15) is 22.5 Å². The Morgan fingerprint density at radius 1 is 0.895 bits per heavy atom. The standard InChI is InChI=1S/C24H39N7O7/c25-4-1-5-26-24(38)19-2-3-20(27-14-19)15-31(18-23(36)37)13-8-28-6-9-29(16-21(32)33)11-12-30(10-7-28)17-22(34)35/h2-3,14H,1,4-13,15-18,25H2,(H,26,38)(H,32,33)(H,34,35)(H,36,37). The van der Waals surface area contributed by atoms with Gasteiger partial charge in [-0.05, 0) is 25.1 Å². The van der Waals surface area contributed by atoms with Gasteiger partial charge in [0.25, 0.3) is 5.91 Å². The van der Waals surface area contributed by atoms with Crippen LogP contribution in [0.15, 0.2) is 18.3 Å². The van der Waals surface area contributed by atoms with E-state index < -0.39 is 17.9 Å². The van der Waals surface area contributed by atoms with Gasteiger partial charge in [-0.2, -0.15) is 0 Å². The van der Waals surface area contributed by atoms with Gasteiger partial charge in [0.15, 0.2) is 0 Å². The number of pyridine rings is 1. The Morgan fingerprint density at radius 2 is 1.47 bits per heavy atom. The van der Waals surface area contributed by atoms with Crippen LogP contribution in [0.3, 0.4) is 0 Å². The van der Waals surface area contributed by atoms with Crippen molar-refractivity contribution in [2.24, 2.45) is 5.73 Å². The fourth-order valence-electron chi connectivity index (χ4n) is 4.08.